The number of carboxylic acid groups (broad SMARTS) is 1. The van der Waals surface area contributed by atoms with Crippen LogP contribution in [-0.2, 0) is 22.0 Å². The second kappa shape index (κ2) is 4.08. The Morgan fingerprint density at radius 2 is 2.16 bits per heavy atom. The summed E-state index contributed by atoms with van der Waals surface area (Å²) in [5, 5.41) is 10.3. The SMILES string of the molecule is Cn1cc(C2(C(N)C(=O)O)COC2)c2ccccc21. The highest BCUT2D eigenvalue weighted by atomic mass is 16.5. The van der Waals surface area contributed by atoms with E-state index < -0.39 is 17.4 Å². The summed E-state index contributed by atoms with van der Waals surface area (Å²) in [5.41, 5.74) is 7.32. The van der Waals surface area contributed by atoms with Crippen LogP contribution in [0, 0.1) is 0 Å². The second-order valence-corrected chi connectivity index (χ2v) is 5.14. The summed E-state index contributed by atoms with van der Waals surface area (Å²) in [6.07, 6.45) is 1.97. The Balaban J connectivity index is 2.20. The monoisotopic (exact) mass is 260 g/mol. The Morgan fingerprint density at radius 3 is 2.74 bits per heavy atom. The van der Waals surface area contributed by atoms with E-state index in [0.29, 0.717) is 13.2 Å². The topological polar surface area (TPSA) is 77.5 Å². The van der Waals surface area contributed by atoms with Gasteiger partial charge in [-0.1, -0.05) is 18.2 Å². The number of nitrogens with zero attached hydrogens (tertiary/aromatic N) is 1. The van der Waals surface area contributed by atoms with Gasteiger partial charge in [-0.25, -0.2) is 0 Å². The van der Waals surface area contributed by atoms with E-state index in [1.54, 1.807) is 0 Å². The normalized spacial score (nSPS) is 19.1. The summed E-state index contributed by atoms with van der Waals surface area (Å²) < 4.78 is 7.27. The van der Waals surface area contributed by atoms with E-state index in [4.69, 9.17) is 10.5 Å². The largest absolute Gasteiger partial charge is 0.480 e. The molecule has 0 spiro atoms. The van der Waals surface area contributed by atoms with Crippen LogP contribution < -0.4 is 5.73 Å². The van der Waals surface area contributed by atoms with Crippen LogP contribution in [0.15, 0.2) is 30.5 Å². The molecule has 0 radical (unpaired) electrons. The number of aromatic nitrogens is 1. The van der Waals surface area contributed by atoms with Crippen LogP contribution in [0.2, 0.25) is 0 Å². The first-order chi connectivity index (χ1) is 9.06. The van der Waals surface area contributed by atoms with E-state index >= 15 is 0 Å². The Kier molecular flexibility index (Phi) is 2.62. The van der Waals surface area contributed by atoms with Gasteiger partial charge in [-0.15, -0.1) is 0 Å². The lowest BCUT2D eigenvalue weighted by Gasteiger charge is -2.44. The maximum atomic E-state index is 11.3. The third-order valence-corrected chi connectivity index (χ3v) is 4.01. The number of carbonyl (C=O) groups is 1. The van der Waals surface area contributed by atoms with Crippen LogP contribution in [0.4, 0.5) is 0 Å². The standard InChI is InChI=1S/C14H16N2O3/c1-16-6-10(9-4-2-3-5-11(9)16)14(7-19-8-14)12(15)13(17)18/h2-6,12H,7-8,15H2,1H3,(H,17,18). The molecule has 2 heterocycles. The van der Waals surface area contributed by atoms with Crippen molar-refractivity contribution < 1.29 is 14.6 Å². The van der Waals surface area contributed by atoms with Crippen molar-refractivity contribution in [2.45, 2.75) is 11.5 Å². The predicted molar refractivity (Wildman–Crippen MR) is 71.0 cm³/mol. The fourth-order valence-corrected chi connectivity index (χ4v) is 2.80. The van der Waals surface area contributed by atoms with Crippen molar-refractivity contribution in [1.29, 1.82) is 0 Å². The highest BCUT2D eigenvalue weighted by Crippen LogP contribution is 2.39. The van der Waals surface area contributed by atoms with Gasteiger partial charge in [0.1, 0.15) is 6.04 Å². The zero-order chi connectivity index (χ0) is 13.6. The molecule has 1 aromatic heterocycles. The lowest BCUT2D eigenvalue weighted by atomic mass is 9.72. The summed E-state index contributed by atoms with van der Waals surface area (Å²) in [5.74, 6) is -0.990. The molecule has 1 aliphatic rings. The van der Waals surface area contributed by atoms with Gasteiger partial charge in [-0.2, -0.15) is 0 Å². The van der Waals surface area contributed by atoms with E-state index in [1.165, 1.54) is 0 Å². The molecule has 1 fully saturated rings. The molecule has 0 amide bonds. The summed E-state index contributed by atoms with van der Waals surface area (Å²) in [7, 11) is 1.95. The first kappa shape index (κ1) is 12.2. The molecule has 1 aliphatic heterocycles. The van der Waals surface area contributed by atoms with Gasteiger partial charge in [0.15, 0.2) is 0 Å². The van der Waals surface area contributed by atoms with Crippen molar-refractivity contribution in [3.63, 3.8) is 0 Å². The van der Waals surface area contributed by atoms with Gasteiger partial charge in [0.2, 0.25) is 0 Å². The van der Waals surface area contributed by atoms with Crippen LogP contribution in [0.1, 0.15) is 5.56 Å². The van der Waals surface area contributed by atoms with Crippen molar-refractivity contribution in [2.75, 3.05) is 13.2 Å². The number of benzene rings is 1. The summed E-state index contributed by atoms with van der Waals surface area (Å²) in [6, 6.07) is 6.97. The smallest absolute Gasteiger partial charge is 0.321 e. The molecule has 1 aromatic carbocycles. The number of nitrogens with two attached hydrogens (primary N) is 1. The molecule has 3 N–H and O–H groups in total. The number of aryl methyl sites for hydroxylation is 1. The van der Waals surface area contributed by atoms with Gasteiger partial charge in [-0.05, 0) is 11.6 Å². The minimum atomic E-state index is -0.990. The van der Waals surface area contributed by atoms with Crippen molar-refractivity contribution in [3.8, 4) is 0 Å². The molecule has 5 nitrogen and oxygen atoms in total. The number of hydrogen-bond acceptors (Lipinski definition) is 3. The Hall–Kier alpha value is -1.85. The van der Waals surface area contributed by atoms with Crippen molar-refractivity contribution >= 4 is 16.9 Å². The van der Waals surface area contributed by atoms with Gasteiger partial charge in [-0.3, -0.25) is 4.79 Å². The average molecular weight is 260 g/mol. The number of ether oxygens (including phenoxy) is 1. The van der Waals surface area contributed by atoms with Gasteiger partial charge in [0, 0.05) is 24.1 Å². The fourth-order valence-electron chi connectivity index (χ4n) is 2.80. The third-order valence-electron chi connectivity index (χ3n) is 4.01. The van der Waals surface area contributed by atoms with E-state index in [-0.39, 0.29) is 0 Å². The van der Waals surface area contributed by atoms with E-state index in [2.05, 4.69) is 0 Å². The van der Waals surface area contributed by atoms with E-state index in [0.717, 1.165) is 16.5 Å². The van der Waals surface area contributed by atoms with Crippen LogP contribution in [-0.4, -0.2) is 34.9 Å². The molecule has 1 unspecified atom stereocenters. The summed E-state index contributed by atoms with van der Waals surface area (Å²) in [6.45, 7) is 0.711. The number of para-hydroxylation sites is 1. The fraction of sp³-hybridized carbons (Fsp3) is 0.357. The Morgan fingerprint density at radius 1 is 1.47 bits per heavy atom. The molecular formula is C14H16N2O3. The van der Waals surface area contributed by atoms with Gasteiger partial charge < -0.3 is 20.1 Å². The number of carboxylic acids is 1. The van der Waals surface area contributed by atoms with Crippen LogP contribution in [0.25, 0.3) is 10.9 Å². The number of aliphatic carboxylic acids is 1. The summed E-state index contributed by atoms with van der Waals surface area (Å²) >= 11 is 0. The molecular weight excluding hydrogens is 244 g/mol. The second-order valence-electron chi connectivity index (χ2n) is 5.14. The molecule has 0 aliphatic carbocycles. The van der Waals surface area contributed by atoms with Crippen molar-refractivity contribution in [1.82, 2.24) is 4.57 Å². The molecule has 1 saturated heterocycles. The Bertz CT molecular complexity index is 643. The van der Waals surface area contributed by atoms with Crippen LogP contribution in [0.3, 0.4) is 0 Å². The van der Waals surface area contributed by atoms with Crippen molar-refractivity contribution in [2.24, 2.45) is 12.8 Å². The molecule has 3 rings (SSSR count). The first-order valence-corrected chi connectivity index (χ1v) is 6.17. The number of fused-ring (bicyclic) bond motifs is 1. The molecule has 5 heteroatoms. The summed E-state index contributed by atoms with van der Waals surface area (Å²) in [4.78, 5) is 11.3. The highest BCUT2D eigenvalue weighted by Gasteiger charge is 2.50. The Labute approximate surface area is 110 Å². The first-order valence-electron chi connectivity index (χ1n) is 6.17. The van der Waals surface area contributed by atoms with Crippen LogP contribution >= 0.6 is 0 Å². The minimum absolute atomic E-state index is 0.356. The highest BCUT2D eigenvalue weighted by molar-refractivity contribution is 5.87. The quantitative estimate of drug-likeness (QED) is 0.858. The zero-order valence-corrected chi connectivity index (χ0v) is 10.7. The maximum absolute atomic E-state index is 11.3. The van der Waals surface area contributed by atoms with E-state index in [9.17, 15) is 9.90 Å². The maximum Gasteiger partial charge on any atom is 0.321 e. The third kappa shape index (κ3) is 1.59. The zero-order valence-electron chi connectivity index (χ0n) is 10.7. The van der Waals surface area contributed by atoms with Crippen molar-refractivity contribution in [3.05, 3.63) is 36.0 Å². The molecule has 0 bridgehead atoms. The van der Waals surface area contributed by atoms with Gasteiger partial charge in [0.05, 0.1) is 18.6 Å². The van der Waals surface area contributed by atoms with Crippen LogP contribution in [0.5, 0.6) is 0 Å². The average Bonchev–Trinajstić information content (AvgIpc) is 2.67. The number of hydrogen-bond donors (Lipinski definition) is 2. The van der Waals surface area contributed by atoms with Gasteiger partial charge >= 0.3 is 5.97 Å². The predicted octanol–water partition coefficient (Wildman–Crippen LogP) is 0.858. The van der Waals surface area contributed by atoms with Gasteiger partial charge in [0.25, 0.3) is 0 Å². The molecule has 2 aromatic rings. The minimum Gasteiger partial charge on any atom is -0.480 e. The molecule has 1 atom stereocenters. The molecule has 100 valence electrons. The molecule has 0 saturated carbocycles. The molecule has 19 heavy (non-hydrogen) atoms. The lowest BCUT2D eigenvalue weighted by molar-refractivity contribution is -0.148. The van der Waals surface area contributed by atoms with E-state index in [1.807, 2.05) is 42.1 Å². The number of rotatable bonds is 3. The lowest BCUT2D eigenvalue weighted by Crippen LogP contribution is -2.61.